The second-order valence-electron chi connectivity index (χ2n) is 5.98. The molecule has 0 radical (unpaired) electrons. The van der Waals surface area contributed by atoms with Gasteiger partial charge in [-0.15, -0.1) is 11.3 Å². The van der Waals surface area contributed by atoms with E-state index in [-0.39, 0.29) is 24.5 Å². The van der Waals surface area contributed by atoms with Gasteiger partial charge in [-0.1, -0.05) is 30.3 Å². The normalized spacial score (nSPS) is 12.4. The number of benzene rings is 1. The summed E-state index contributed by atoms with van der Waals surface area (Å²) in [4.78, 5) is 28.6. The van der Waals surface area contributed by atoms with Crippen LogP contribution in [0.2, 0.25) is 0 Å². The van der Waals surface area contributed by atoms with Crippen LogP contribution in [0.25, 0.3) is 0 Å². The predicted octanol–water partition coefficient (Wildman–Crippen LogP) is 2.28. The molecule has 1 aromatic heterocycles. The van der Waals surface area contributed by atoms with Crippen LogP contribution in [-0.4, -0.2) is 35.6 Å². The number of aromatic nitrogens is 1. The second kappa shape index (κ2) is 8.73. The highest BCUT2D eigenvalue weighted by atomic mass is 32.1. The molecule has 6 nitrogen and oxygen atoms in total. The van der Waals surface area contributed by atoms with Crippen LogP contribution in [0.3, 0.4) is 0 Å². The molecule has 1 aromatic carbocycles. The van der Waals surface area contributed by atoms with E-state index in [4.69, 9.17) is 4.74 Å². The van der Waals surface area contributed by atoms with Gasteiger partial charge in [0, 0.05) is 11.6 Å². The zero-order valence-electron chi connectivity index (χ0n) is 14.6. The van der Waals surface area contributed by atoms with Crippen LogP contribution < -0.4 is 10.6 Å². The van der Waals surface area contributed by atoms with Crippen molar-refractivity contribution in [1.29, 1.82) is 0 Å². The van der Waals surface area contributed by atoms with Crippen molar-refractivity contribution in [3.8, 4) is 0 Å². The summed E-state index contributed by atoms with van der Waals surface area (Å²) in [5, 5.41) is 8.60. The molecular weight excluding hydrogens is 338 g/mol. The Bertz CT molecular complexity index is 687. The monoisotopic (exact) mass is 361 g/mol. The van der Waals surface area contributed by atoms with Crippen molar-refractivity contribution in [2.24, 2.45) is 0 Å². The van der Waals surface area contributed by atoms with E-state index in [1.165, 1.54) is 11.3 Å². The topological polar surface area (TPSA) is 80.3 Å². The zero-order valence-corrected chi connectivity index (χ0v) is 15.4. The minimum Gasteiger partial charge on any atom is -0.465 e. The lowest BCUT2D eigenvalue weighted by molar-refractivity contribution is -0.149. The SMILES string of the molecule is CCOC(=O)C(C)(C)NCC(=O)NC(c1ccccc1)c1nccs1. The number of nitrogens with one attached hydrogen (secondary N) is 2. The first-order valence-corrected chi connectivity index (χ1v) is 8.98. The summed E-state index contributed by atoms with van der Waals surface area (Å²) in [6.45, 7) is 5.43. The number of carbonyl (C=O) groups excluding carboxylic acids is 2. The molecule has 1 amide bonds. The molecule has 25 heavy (non-hydrogen) atoms. The molecule has 0 bridgehead atoms. The third-order valence-electron chi connectivity index (χ3n) is 3.61. The Morgan fingerprint density at radius 1 is 1.28 bits per heavy atom. The second-order valence-corrected chi connectivity index (χ2v) is 6.91. The van der Waals surface area contributed by atoms with Gasteiger partial charge in [0.15, 0.2) is 0 Å². The fraction of sp³-hybridized carbons (Fsp3) is 0.389. The number of hydrogen-bond acceptors (Lipinski definition) is 6. The van der Waals surface area contributed by atoms with Crippen molar-refractivity contribution >= 4 is 23.2 Å². The Balaban J connectivity index is 2.02. The van der Waals surface area contributed by atoms with Crippen LogP contribution in [0, 0.1) is 0 Å². The molecule has 1 heterocycles. The van der Waals surface area contributed by atoms with Crippen LogP contribution in [0.5, 0.6) is 0 Å². The highest BCUT2D eigenvalue weighted by molar-refractivity contribution is 7.09. The number of hydrogen-bond donors (Lipinski definition) is 2. The standard InChI is InChI=1S/C18H23N3O3S/c1-4-24-17(23)18(2,3)20-12-14(22)21-15(16-19-10-11-25-16)13-8-6-5-7-9-13/h5-11,15,20H,4,12H2,1-3H3,(H,21,22). The lowest BCUT2D eigenvalue weighted by Crippen LogP contribution is -2.51. The first-order chi connectivity index (χ1) is 11.9. The fourth-order valence-corrected chi connectivity index (χ4v) is 2.92. The first-order valence-electron chi connectivity index (χ1n) is 8.10. The van der Waals surface area contributed by atoms with Crippen molar-refractivity contribution in [3.05, 3.63) is 52.5 Å². The van der Waals surface area contributed by atoms with Crippen molar-refractivity contribution in [3.63, 3.8) is 0 Å². The summed E-state index contributed by atoms with van der Waals surface area (Å²) in [5.74, 6) is -0.608. The van der Waals surface area contributed by atoms with Gasteiger partial charge in [-0.3, -0.25) is 14.9 Å². The number of esters is 1. The van der Waals surface area contributed by atoms with Crippen LogP contribution >= 0.6 is 11.3 Å². The summed E-state index contributed by atoms with van der Waals surface area (Å²) in [6, 6.07) is 9.34. The molecule has 1 unspecified atom stereocenters. The Morgan fingerprint density at radius 2 is 2.00 bits per heavy atom. The van der Waals surface area contributed by atoms with Crippen LogP contribution in [0.4, 0.5) is 0 Å². The number of thiazole rings is 1. The third-order valence-corrected chi connectivity index (χ3v) is 4.45. The number of rotatable bonds is 8. The van der Waals surface area contributed by atoms with Gasteiger partial charge in [0.1, 0.15) is 16.6 Å². The van der Waals surface area contributed by atoms with Crippen LogP contribution in [0.1, 0.15) is 37.4 Å². The smallest absolute Gasteiger partial charge is 0.325 e. The largest absolute Gasteiger partial charge is 0.465 e. The van der Waals surface area contributed by atoms with E-state index in [1.807, 2.05) is 35.7 Å². The van der Waals surface area contributed by atoms with Crippen molar-refractivity contribution in [2.45, 2.75) is 32.4 Å². The summed E-state index contributed by atoms with van der Waals surface area (Å²) >= 11 is 1.48. The van der Waals surface area contributed by atoms with Gasteiger partial charge in [-0.25, -0.2) is 4.98 Å². The van der Waals surface area contributed by atoms with Gasteiger partial charge in [-0.05, 0) is 26.3 Å². The van der Waals surface area contributed by atoms with Crippen molar-refractivity contribution in [2.75, 3.05) is 13.2 Å². The highest BCUT2D eigenvalue weighted by Crippen LogP contribution is 2.23. The van der Waals surface area contributed by atoms with E-state index in [0.29, 0.717) is 6.61 Å². The van der Waals surface area contributed by atoms with Gasteiger partial charge in [0.2, 0.25) is 5.91 Å². The summed E-state index contributed by atoms with van der Waals surface area (Å²) in [6.07, 6.45) is 1.71. The lowest BCUT2D eigenvalue weighted by atomic mass is 10.1. The van der Waals surface area contributed by atoms with E-state index in [2.05, 4.69) is 15.6 Å². The number of amides is 1. The minimum atomic E-state index is -0.934. The van der Waals surface area contributed by atoms with E-state index in [0.717, 1.165) is 10.6 Å². The summed E-state index contributed by atoms with van der Waals surface area (Å²) in [7, 11) is 0. The number of ether oxygens (including phenoxy) is 1. The maximum Gasteiger partial charge on any atom is 0.325 e. The van der Waals surface area contributed by atoms with Gasteiger partial charge in [0.25, 0.3) is 0 Å². The molecule has 2 N–H and O–H groups in total. The van der Waals surface area contributed by atoms with Crippen molar-refractivity contribution in [1.82, 2.24) is 15.6 Å². The molecule has 1 atom stereocenters. The maximum atomic E-state index is 12.4. The number of carbonyl (C=O) groups is 2. The molecule has 0 aliphatic heterocycles. The van der Waals surface area contributed by atoms with Crippen LogP contribution in [-0.2, 0) is 14.3 Å². The van der Waals surface area contributed by atoms with E-state index >= 15 is 0 Å². The lowest BCUT2D eigenvalue weighted by Gasteiger charge is -2.24. The number of nitrogens with zero attached hydrogens (tertiary/aromatic N) is 1. The molecule has 0 aliphatic rings. The summed E-state index contributed by atoms with van der Waals surface area (Å²) in [5.41, 5.74) is 0.0204. The average molecular weight is 361 g/mol. The Labute approximate surface area is 151 Å². The van der Waals surface area contributed by atoms with Gasteiger partial charge in [0.05, 0.1) is 13.2 Å². The van der Waals surface area contributed by atoms with Gasteiger partial charge >= 0.3 is 5.97 Å². The molecule has 0 saturated carbocycles. The molecule has 0 aliphatic carbocycles. The third kappa shape index (κ3) is 5.37. The quantitative estimate of drug-likeness (QED) is 0.705. The molecule has 134 valence electrons. The van der Waals surface area contributed by atoms with Gasteiger partial charge in [-0.2, -0.15) is 0 Å². The zero-order chi connectivity index (χ0) is 18.3. The molecule has 0 saturated heterocycles. The minimum absolute atomic E-state index is 0.000519. The van der Waals surface area contributed by atoms with Crippen molar-refractivity contribution < 1.29 is 14.3 Å². The van der Waals surface area contributed by atoms with E-state index in [9.17, 15) is 9.59 Å². The average Bonchev–Trinajstić information content (AvgIpc) is 3.13. The van der Waals surface area contributed by atoms with E-state index < -0.39 is 5.54 Å². The predicted molar refractivity (Wildman–Crippen MR) is 97.3 cm³/mol. The first kappa shape index (κ1) is 19.1. The Morgan fingerprint density at radius 3 is 2.60 bits per heavy atom. The maximum absolute atomic E-state index is 12.4. The molecule has 7 heteroatoms. The Hall–Kier alpha value is -2.25. The van der Waals surface area contributed by atoms with Crippen LogP contribution in [0.15, 0.2) is 41.9 Å². The highest BCUT2D eigenvalue weighted by Gasteiger charge is 2.29. The molecule has 2 aromatic rings. The summed E-state index contributed by atoms with van der Waals surface area (Å²) < 4.78 is 5.01. The molecule has 2 rings (SSSR count). The molecule has 0 fully saturated rings. The van der Waals surface area contributed by atoms with E-state index in [1.54, 1.807) is 27.0 Å². The van der Waals surface area contributed by atoms with Gasteiger partial charge < -0.3 is 10.1 Å². The molecule has 0 spiro atoms. The Kier molecular flexibility index (Phi) is 6.66. The molecular formula is C18H23N3O3S. The fourth-order valence-electron chi connectivity index (χ4n) is 2.21.